The Balaban J connectivity index is 2.96. The van der Waals surface area contributed by atoms with Gasteiger partial charge in [0.2, 0.25) is 0 Å². The summed E-state index contributed by atoms with van der Waals surface area (Å²) < 4.78 is 20.9. The first-order valence-corrected chi connectivity index (χ1v) is 6.04. The number of carbonyl (C=O) groups excluding carboxylic acids is 2. The highest BCUT2D eigenvalue weighted by molar-refractivity contribution is 5.67. The number of hydrogen-bond acceptors (Lipinski definition) is 7. The van der Waals surface area contributed by atoms with E-state index in [1.807, 2.05) is 0 Å². The molecule has 0 aromatic carbocycles. The van der Waals surface area contributed by atoms with Crippen molar-refractivity contribution < 1.29 is 33.6 Å². The maximum atomic E-state index is 11.2. The van der Waals surface area contributed by atoms with Gasteiger partial charge < -0.3 is 24.1 Å². The van der Waals surface area contributed by atoms with Crippen LogP contribution in [0.4, 0.5) is 0 Å². The summed E-state index contributed by atoms with van der Waals surface area (Å²) in [6.07, 6.45) is -3.02. The summed E-state index contributed by atoms with van der Waals surface area (Å²) in [5, 5.41) is 9.27. The smallest absolute Gasteiger partial charge is 0.303 e. The number of esters is 2. The Morgan fingerprint density at radius 2 is 1.68 bits per heavy atom. The summed E-state index contributed by atoms with van der Waals surface area (Å²) in [5.41, 5.74) is 0. The minimum absolute atomic E-state index is 0.244. The predicted octanol–water partition coefficient (Wildman–Crippen LogP) is -0.151. The number of ether oxygens (including phenoxy) is 4. The predicted molar refractivity (Wildman–Crippen MR) is 63.0 cm³/mol. The van der Waals surface area contributed by atoms with E-state index in [9.17, 15) is 14.7 Å². The molecule has 1 heterocycles. The van der Waals surface area contributed by atoms with E-state index in [-0.39, 0.29) is 12.5 Å². The first kappa shape index (κ1) is 15.9. The van der Waals surface area contributed by atoms with Gasteiger partial charge in [-0.05, 0) is 0 Å². The van der Waals surface area contributed by atoms with Gasteiger partial charge in [-0.2, -0.15) is 0 Å². The van der Waals surface area contributed by atoms with E-state index in [0.717, 1.165) is 0 Å². The summed E-state index contributed by atoms with van der Waals surface area (Å²) in [6, 6.07) is 0. The van der Waals surface area contributed by atoms with Crippen LogP contribution in [0.2, 0.25) is 0 Å². The van der Waals surface area contributed by atoms with Crippen LogP contribution in [0.15, 0.2) is 0 Å². The van der Waals surface area contributed by atoms with Crippen LogP contribution >= 0.6 is 0 Å². The van der Waals surface area contributed by atoms with Gasteiger partial charge in [-0.15, -0.1) is 0 Å². The van der Waals surface area contributed by atoms with Crippen molar-refractivity contribution in [3.8, 4) is 0 Å². The number of aliphatic hydroxyl groups is 1. The second-order valence-electron chi connectivity index (χ2n) is 4.47. The monoisotopic (exact) mass is 276 g/mol. The number of carbonyl (C=O) groups is 2. The third kappa shape index (κ3) is 3.89. The zero-order chi connectivity index (χ0) is 14.6. The van der Waals surface area contributed by atoms with E-state index in [1.54, 1.807) is 6.92 Å². The Kier molecular flexibility index (Phi) is 5.71. The summed E-state index contributed by atoms with van der Waals surface area (Å²) in [5.74, 6) is -1.35. The van der Waals surface area contributed by atoms with Crippen LogP contribution in [0, 0.1) is 5.92 Å². The molecule has 1 fully saturated rings. The summed E-state index contributed by atoms with van der Waals surface area (Å²) in [7, 11) is 1.39. The largest absolute Gasteiger partial charge is 0.458 e. The third-order valence-electron chi connectivity index (χ3n) is 3.02. The zero-order valence-electron chi connectivity index (χ0n) is 11.5. The lowest BCUT2D eigenvalue weighted by Crippen LogP contribution is -2.57. The molecule has 5 atom stereocenters. The second kappa shape index (κ2) is 6.83. The Morgan fingerprint density at radius 1 is 1.16 bits per heavy atom. The molecular formula is C12H20O7. The van der Waals surface area contributed by atoms with Crippen LogP contribution in [-0.2, 0) is 28.5 Å². The molecule has 2 unspecified atom stereocenters. The molecule has 0 saturated carbocycles. The van der Waals surface area contributed by atoms with Gasteiger partial charge in [0.15, 0.2) is 12.4 Å². The molecule has 0 bridgehead atoms. The van der Waals surface area contributed by atoms with E-state index in [4.69, 9.17) is 18.9 Å². The Bertz CT molecular complexity index is 330. The van der Waals surface area contributed by atoms with E-state index in [2.05, 4.69) is 0 Å². The lowest BCUT2D eigenvalue weighted by atomic mass is 9.90. The third-order valence-corrected chi connectivity index (χ3v) is 3.02. The number of methoxy groups -OCH3 is 1. The standard InChI is InChI=1S/C12H20O7/c1-6-9(5-13)19-12(16-4)11(18-8(3)15)10(6)17-7(2)14/h6,9-13H,5H2,1-4H3/t6-,9?,10+,11?,12+/m0/s1. The average molecular weight is 276 g/mol. The van der Waals surface area contributed by atoms with Crippen molar-refractivity contribution >= 4 is 11.9 Å². The lowest BCUT2D eigenvalue weighted by Gasteiger charge is -2.43. The topological polar surface area (TPSA) is 91.3 Å². The first-order chi connectivity index (χ1) is 8.90. The van der Waals surface area contributed by atoms with Gasteiger partial charge in [0.1, 0.15) is 6.10 Å². The molecule has 7 nitrogen and oxygen atoms in total. The number of aliphatic hydroxyl groups excluding tert-OH is 1. The maximum Gasteiger partial charge on any atom is 0.303 e. The summed E-state index contributed by atoms with van der Waals surface area (Å²) in [4.78, 5) is 22.3. The molecule has 1 saturated heterocycles. The Morgan fingerprint density at radius 3 is 2.11 bits per heavy atom. The zero-order valence-corrected chi connectivity index (χ0v) is 11.5. The van der Waals surface area contributed by atoms with Crippen molar-refractivity contribution in [1.29, 1.82) is 0 Å². The number of hydrogen-bond donors (Lipinski definition) is 1. The Hall–Kier alpha value is -1.18. The van der Waals surface area contributed by atoms with Gasteiger partial charge >= 0.3 is 11.9 Å². The lowest BCUT2D eigenvalue weighted by molar-refractivity contribution is -0.287. The van der Waals surface area contributed by atoms with E-state index in [1.165, 1.54) is 21.0 Å². The fraction of sp³-hybridized carbons (Fsp3) is 0.833. The van der Waals surface area contributed by atoms with Crippen molar-refractivity contribution in [2.75, 3.05) is 13.7 Å². The van der Waals surface area contributed by atoms with E-state index < -0.39 is 36.5 Å². The normalized spacial score (nSPS) is 34.7. The highest BCUT2D eigenvalue weighted by Crippen LogP contribution is 2.30. The molecule has 0 aromatic rings. The minimum Gasteiger partial charge on any atom is -0.458 e. The van der Waals surface area contributed by atoms with Gasteiger partial charge in [0.05, 0.1) is 12.7 Å². The molecule has 0 amide bonds. The Labute approximate surface area is 111 Å². The minimum atomic E-state index is -0.887. The van der Waals surface area contributed by atoms with Crippen molar-refractivity contribution in [2.45, 2.75) is 45.4 Å². The van der Waals surface area contributed by atoms with Crippen LogP contribution in [0.5, 0.6) is 0 Å². The number of rotatable bonds is 4. The van der Waals surface area contributed by atoms with Gasteiger partial charge in [0.25, 0.3) is 0 Å². The quantitative estimate of drug-likeness (QED) is 0.714. The van der Waals surface area contributed by atoms with Gasteiger partial charge in [-0.3, -0.25) is 9.59 Å². The van der Waals surface area contributed by atoms with Gasteiger partial charge in [-0.1, -0.05) is 6.92 Å². The van der Waals surface area contributed by atoms with Crippen molar-refractivity contribution in [3.63, 3.8) is 0 Å². The molecule has 0 spiro atoms. The van der Waals surface area contributed by atoms with Gasteiger partial charge in [0, 0.05) is 26.9 Å². The SMILES string of the molecule is CO[C@@H]1OC(CO)[C@H](C)[C@@H](OC(C)=O)C1OC(C)=O. The fourth-order valence-corrected chi connectivity index (χ4v) is 2.12. The molecule has 0 radical (unpaired) electrons. The molecular weight excluding hydrogens is 256 g/mol. The summed E-state index contributed by atoms with van der Waals surface area (Å²) in [6.45, 7) is 4.02. The van der Waals surface area contributed by atoms with Crippen LogP contribution < -0.4 is 0 Å². The molecule has 1 aliphatic heterocycles. The first-order valence-electron chi connectivity index (χ1n) is 6.04. The van der Waals surface area contributed by atoms with Crippen molar-refractivity contribution in [3.05, 3.63) is 0 Å². The van der Waals surface area contributed by atoms with Crippen LogP contribution in [0.1, 0.15) is 20.8 Å². The molecule has 0 aliphatic carbocycles. The average Bonchev–Trinajstić information content (AvgIpc) is 2.33. The van der Waals surface area contributed by atoms with E-state index in [0.29, 0.717) is 0 Å². The van der Waals surface area contributed by atoms with Crippen LogP contribution in [0.3, 0.4) is 0 Å². The maximum absolute atomic E-state index is 11.2. The van der Waals surface area contributed by atoms with Crippen LogP contribution in [0.25, 0.3) is 0 Å². The molecule has 7 heteroatoms. The molecule has 1 rings (SSSR count). The molecule has 1 aliphatic rings. The molecule has 0 aromatic heterocycles. The molecule has 19 heavy (non-hydrogen) atoms. The summed E-state index contributed by atoms with van der Waals surface area (Å²) >= 11 is 0. The highest BCUT2D eigenvalue weighted by atomic mass is 16.7. The fourth-order valence-electron chi connectivity index (χ4n) is 2.12. The molecule has 110 valence electrons. The second-order valence-corrected chi connectivity index (χ2v) is 4.47. The van der Waals surface area contributed by atoms with Gasteiger partial charge in [-0.25, -0.2) is 0 Å². The highest BCUT2D eigenvalue weighted by Gasteiger charge is 2.47. The van der Waals surface area contributed by atoms with Crippen molar-refractivity contribution in [1.82, 2.24) is 0 Å². The van der Waals surface area contributed by atoms with Crippen LogP contribution in [-0.4, -0.2) is 55.4 Å². The van der Waals surface area contributed by atoms with Crippen molar-refractivity contribution in [2.24, 2.45) is 5.92 Å². The van der Waals surface area contributed by atoms with E-state index >= 15 is 0 Å². The molecule has 1 N–H and O–H groups in total.